The van der Waals surface area contributed by atoms with Crippen LogP contribution in [0.2, 0.25) is 0 Å². The average Bonchev–Trinajstić information content (AvgIpc) is 0.756. The van der Waals surface area contributed by atoms with Crippen LogP contribution in [0.1, 0.15) is 226 Å². The molecular weight excluding hydrogens is 1720 g/mol. The number of rotatable bonds is 30. The summed E-state index contributed by atoms with van der Waals surface area (Å²) in [4.78, 5) is 77.6. The molecule has 0 bridgehead atoms. The first-order valence-electron chi connectivity index (χ1n) is 47.0. The van der Waals surface area contributed by atoms with E-state index in [4.69, 9.17) is 6.42 Å². The molecule has 716 valence electrons. The number of halogens is 11. The van der Waals surface area contributed by atoms with Gasteiger partial charge in [-0.3, -0.25) is 14.4 Å². The third kappa shape index (κ3) is 32.4. The maximum absolute atomic E-state index is 13.8. The number of anilines is 2. The highest BCUT2D eigenvalue weighted by Gasteiger charge is 2.39. The second kappa shape index (κ2) is 50.8. The van der Waals surface area contributed by atoms with Gasteiger partial charge in [0, 0.05) is 143 Å². The predicted octanol–water partition coefficient (Wildman–Crippen LogP) is 26.1. The number of carbonyl (C=O) groups is 5. The van der Waals surface area contributed by atoms with Crippen LogP contribution in [0.15, 0.2) is 237 Å². The molecule has 6 amide bonds. The van der Waals surface area contributed by atoms with Gasteiger partial charge in [0.1, 0.15) is 0 Å². The third-order valence-corrected chi connectivity index (χ3v) is 25.6. The number of urea groups is 2. The lowest BCUT2D eigenvalue weighted by molar-refractivity contribution is -0.143. The number of carbonyl (C=O) groups excluding carboxylic acids is 5. The van der Waals surface area contributed by atoms with Gasteiger partial charge in [-0.25, -0.2) is 18.4 Å². The molecule has 1 atom stereocenters. The Morgan fingerprint density at radius 1 is 0.493 bits per heavy atom. The van der Waals surface area contributed by atoms with E-state index in [2.05, 4.69) is 103 Å². The highest BCUT2D eigenvalue weighted by Crippen LogP contribution is 2.41. The lowest BCUT2D eigenvalue weighted by atomic mass is 9.82. The van der Waals surface area contributed by atoms with E-state index >= 15 is 0 Å². The molecule has 0 aromatic heterocycles. The standard InChI is InChI=1S/C32H35F6N3O.C30H34F3N3O2.C25H31F2NO.C22H28N2O/c1-3-7-22(2)40-16-14-29(15-17-40)41(21-23-8-5-4-6-9-23)30(42)39-28-12-10-24(11-13-28)25-18-26(31(33,34)35)20-27(19-25)32(36,37)38;1-3-5-8-17-35-18-15-27(16-19-35)36(22-24-12-7-6-11-23(24)20-28(37)10-4-2)29(38)34-26-14-9-13-25(21-26)30(31,32)33;1-3-8-19-13-15-23(16-14-19)28(18-20-9-5-4-6-10-20)24(29)21-11-7-12-22(17-21)25(2,26)27;1-3-18-8-10-20(11-9-18)22(25)24-14-12-21(13-15-24)23-16-19-6-4-17(2)5-7-19/h4-6,8-13,18-20,22,29H,3,7,14-17,21H2,1-2H3,(H,39,42);1,4,6-7,9-14,21,27H,5,8,15-20,22H2,2H3,(H,34,38);4-7,9-12,17,19,23H,3,8,13-16,18H2,1-2H3;4-11,21,23H,3,12-16H2,1-2H3/b;10-4+;;. The van der Waals surface area contributed by atoms with Crippen LogP contribution in [0.25, 0.3) is 11.1 Å². The van der Waals surface area contributed by atoms with Gasteiger partial charge in [0.05, 0.1) is 16.7 Å². The molecule has 3 saturated heterocycles. The molecule has 4 aliphatic rings. The Bertz CT molecular complexity index is 5210. The number of benzene rings is 9. The van der Waals surface area contributed by atoms with Crippen molar-refractivity contribution in [2.75, 3.05) is 56.4 Å². The zero-order chi connectivity index (χ0) is 96.5. The van der Waals surface area contributed by atoms with Gasteiger partial charge in [-0.1, -0.05) is 203 Å². The Morgan fingerprint density at radius 3 is 1.57 bits per heavy atom. The monoisotopic (exact) mass is 1850 g/mol. The Morgan fingerprint density at radius 2 is 1.02 bits per heavy atom. The van der Waals surface area contributed by atoms with Crippen molar-refractivity contribution in [3.05, 3.63) is 309 Å². The maximum Gasteiger partial charge on any atom is 0.416 e. The van der Waals surface area contributed by atoms with Crippen LogP contribution in [-0.2, 0) is 68.3 Å². The van der Waals surface area contributed by atoms with E-state index in [0.717, 1.165) is 195 Å². The minimum atomic E-state index is -4.93. The first-order chi connectivity index (χ1) is 64.1. The number of ketones is 1. The second-order valence-electron chi connectivity index (χ2n) is 35.6. The molecule has 14 nitrogen and oxygen atoms in total. The van der Waals surface area contributed by atoms with Crippen molar-refractivity contribution >= 4 is 41.0 Å². The van der Waals surface area contributed by atoms with Crippen molar-refractivity contribution in [2.45, 2.75) is 245 Å². The maximum atomic E-state index is 13.8. The summed E-state index contributed by atoms with van der Waals surface area (Å²) in [6.07, 6.45) is 11.1. The molecule has 3 heterocycles. The Labute approximate surface area is 783 Å². The average molecular weight is 1850 g/mol. The summed E-state index contributed by atoms with van der Waals surface area (Å²) in [5.74, 6) is 0.407. The zero-order valence-electron chi connectivity index (χ0n) is 77.9. The second-order valence-corrected chi connectivity index (χ2v) is 35.6. The van der Waals surface area contributed by atoms with E-state index in [9.17, 15) is 72.3 Å². The van der Waals surface area contributed by atoms with Gasteiger partial charge in [-0.05, 0) is 240 Å². The van der Waals surface area contributed by atoms with E-state index in [1.807, 2.05) is 112 Å². The molecule has 9 aromatic carbocycles. The molecule has 134 heavy (non-hydrogen) atoms. The Kier molecular flexibility index (Phi) is 39.6. The zero-order valence-corrected chi connectivity index (χ0v) is 77.9. The van der Waals surface area contributed by atoms with Gasteiger partial charge < -0.3 is 45.3 Å². The molecule has 0 spiro atoms. The molecule has 3 N–H and O–H groups in total. The largest absolute Gasteiger partial charge is 0.416 e. The van der Waals surface area contributed by atoms with Crippen molar-refractivity contribution in [2.24, 2.45) is 5.92 Å². The minimum Gasteiger partial charge on any atom is -0.339 e. The fourth-order valence-corrected chi connectivity index (χ4v) is 17.9. The van der Waals surface area contributed by atoms with Crippen molar-refractivity contribution in [1.29, 1.82) is 0 Å². The summed E-state index contributed by atoms with van der Waals surface area (Å²) in [7, 11) is 0. The van der Waals surface area contributed by atoms with E-state index in [1.54, 1.807) is 30.0 Å². The normalized spacial score (nSPS) is 16.3. The van der Waals surface area contributed by atoms with E-state index in [1.165, 1.54) is 84.1 Å². The van der Waals surface area contributed by atoms with E-state index in [0.29, 0.717) is 55.0 Å². The SMILES string of the molecule is C#CCCCN1CCC(N(Cc2ccccc2CC(=O)/C=C/C)C(=O)Nc2cccc(C(F)(F)F)c2)CC1.CCCC(C)N1CCC(N(Cc2ccccc2)C(=O)Nc2ccc(-c3cc(C(F)(F)F)cc(C(F)(F)F)c3)cc2)CC1.CCCC1CCC(N(Cc2ccccc2)C(=O)c2cccc(C(C)(F)F)c2)CC1.CCc1ccc(C(=O)N2CCC(NCc3ccc(C)cc3)CC2)cc1. The molecule has 9 aromatic rings. The number of allylic oxidation sites excluding steroid dienone is 2. The number of aryl methyl sites for hydroxylation is 2. The summed E-state index contributed by atoms with van der Waals surface area (Å²) in [6.45, 7) is 21.5. The summed E-state index contributed by atoms with van der Waals surface area (Å²) < 4.78 is 147. The summed E-state index contributed by atoms with van der Waals surface area (Å²) in [5, 5.41) is 9.19. The van der Waals surface area contributed by atoms with E-state index < -0.39 is 47.2 Å². The van der Waals surface area contributed by atoms with Crippen molar-refractivity contribution in [3.8, 4) is 23.5 Å². The Hall–Kier alpha value is -11.5. The van der Waals surface area contributed by atoms with Crippen LogP contribution in [-0.4, -0.2) is 135 Å². The molecule has 1 aliphatic carbocycles. The molecule has 1 saturated carbocycles. The fourth-order valence-electron chi connectivity index (χ4n) is 17.9. The summed E-state index contributed by atoms with van der Waals surface area (Å²) in [5.41, 5.74) is 5.46. The molecule has 1 unspecified atom stereocenters. The van der Waals surface area contributed by atoms with Crippen LogP contribution in [0, 0.1) is 25.2 Å². The number of hydrogen-bond donors (Lipinski definition) is 3. The summed E-state index contributed by atoms with van der Waals surface area (Å²) in [6, 6.07) is 61.8. The number of piperidine rings is 3. The first kappa shape index (κ1) is 105. The van der Waals surface area contributed by atoms with Crippen molar-refractivity contribution in [1.82, 2.24) is 34.7 Å². The minimum absolute atomic E-state index is 0.0143. The predicted molar refractivity (Wildman–Crippen MR) is 511 cm³/mol. The van der Waals surface area contributed by atoms with Crippen LogP contribution in [0.5, 0.6) is 0 Å². The number of nitrogens with one attached hydrogen (secondary N) is 3. The number of unbranched alkanes of at least 4 members (excludes halogenated alkanes) is 1. The number of amides is 6. The topological polar surface area (TPSA) is 141 Å². The Balaban J connectivity index is 0.000000188. The first-order valence-corrected chi connectivity index (χ1v) is 47.0. The lowest BCUT2D eigenvalue weighted by Crippen LogP contribution is -2.50. The fraction of sp³-hybridized carbons (Fsp3) is 0.422. The van der Waals surface area contributed by atoms with E-state index in [-0.39, 0.29) is 83.2 Å². The quantitative estimate of drug-likeness (QED) is 0.0175. The van der Waals surface area contributed by atoms with Crippen LogP contribution in [0.3, 0.4) is 0 Å². The van der Waals surface area contributed by atoms with Gasteiger partial charge in [-0.2, -0.15) is 39.5 Å². The lowest BCUT2D eigenvalue weighted by Gasteiger charge is -2.40. The molecule has 13 rings (SSSR count). The summed E-state index contributed by atoms with van der Waals surface area (Å²) >= 11 is 0. The van der Waals surface area contributed by atoms with Crippen LogP contribution >= 0.6 is 0 Å². The number of alkyl halides is 11. The molecule has 25 heteroatoms. The van der Waals surface area contributed by atoms with Gasteiger partial charge in [0.15, 0.2) is 5.78 Å². The number of terminal acetylenes is 1. The van der Waals surface area contributed by atoms with Crippen LogP contribution in [0.4, 0.5) is 69.3 Å². The van der Waals surface area contributed by atoms with Gasteiger partial charge in [-0.15, -0.1) is 12.3 Å². The highest BCUT2D eigenvalue weighted by molar-refractivity contribution is 5.96. The van der Waals surface area contributed by atoms with Gasteiger partial charge >= 0.3 is 30.6 Å². The smallest absolute Gasteiger partial charge is 0.339 e. The number of nitrogens with zero attached hydrogens (tertiary/aromatic N) is 6. The number of likely N-dealkylation sites (tertiary alicyclic amines) is 3. The van der Waals surface area contributed by atoms with Gasteiger partial charge in [0.2, 0.25) is 0 Å². The van der Waals surface area contributed by atoms with Crippen molar-refractivity contribution < 1.29 is 72.3 Å². The van der Waals surface area contributed by atoms with Crippen LogP contribution < -0.4 is 16.0 Å². The molecular formula is C109H128F11N9O5. The molecule has 3 aliphatic heterocycles. The van der Waals surface area contributed by atoms with Crippen molar-refractivity contribution in [3.63, 3.8) is 0 Å². The van der Waals surface area contributed by atoms with Gasteiger partial charge in [0.25, 0.3) is 17.7 Å². The molecule has 4 fully saturated rings. The third-order valence-electron chi connectivity index (χ3n) is 25.6. The molecule has 0 radical (unpaired) electrons. The highest BCUT2D eigenvalue weighted by atomic mass is 19.4. The number of hydrogen-bond acceptors (Lipinski definition) is 8.